The number of aliphatic hydroxyl groups excluding tert-OH is 1. The van der Waals surface area contributed by atoms with E-state index in [1.165, 1.54) is 0 Å². The van der Waals surface area contributed by atoms with Gasteiger partial charge in [0.25, 0.3) is 0 Å². The maximum absolute atomic E-state index is 10.7. The smallest absolute Gasteiger partial charge is 0.475 e. The number of aliphatic hydroxyl groups is 1. The number of rotatable bonds is 3. The Kier molecular flexibility index (Phi) is 7.65. The zero-order chi connectivity index (χ0) is 22.6. The number of aromatic nitrogens is 3. The van der Waals surface area contributed by atoms with Gasteiger partial charge in [0.2, 0.25) is 0 Å². The van der Waals surface area contributed by atoms with Gasteiger partial charge in [0.05, 0.1) is 17.3 Å². The van der Waals surface area contributed by atoms with E-state index >= 15 is 0 Å². The van der Waals surface area contributed by atoms with Crippen molar-refractivity contribution in [3.05, 3.63) is 11.2 Å². The number of nitrogens with one attached hydrogen (secondary N) is 1. The third-order valence-corrected chi connectivity index (χ3v) is 6.53. The fraction of sp³-hybridized carbons (Fsp3) is 0.684. The molecule has 2 aromatic rings. The molecule has 4 rings (SSSR count). The number of hydrogen-bond donors (Lipinski definition) is 3. The van der Waals surface area contributed by atoms with Crippen LogP contribution in [0.15, 0.2) is 6.20 Å². The van der Waals surface area contributed by atoms with Crippen molar-refractivity contribution in [2.24, 2.45) is 11.8 Å². The van der Waals surface area contributed by atoms with E-state index in [0.717, 1.165) is 73.2 Å². The number of carboxylic acids is 1. The zero-order valence-corrected chi connectivity index (χ0v) is 17.9. The summed E-state index contributed by atoms with van der Waals surface area (Å²) in [4.78, 5) is 25.7. The van der Waals surface area contributed by atoms with E-state index in [0.29, 0.717) is 11.8 Å². The summed E-state index contributed by atoms with van der Waals surface area (Å²) in [5.74, 6) is -0.917. The number of alkyl halides is 3. The molecule has 2 fully saturated rings. The van der Waals surface area contributed by atoms with Gasteiger partial charge in [-0.2, -0.15) is 13.2 Å². The summed E-state index contributed by atoms with van der Waals surface area (Å²) in [7, 11) is 0. The molecule has 172 valence electrons. The number of aliphatic carboxylic acids is 1. The van der Waals surface area contributed by atoms with Crippen molar-refractivity contribution >= 4 is 33.6 Å². The number of carbonyl (C=O) groups is 1. The molecule has 2 aromatic heterocycles. The summed E-state index contributed by atoms with van der Waals surface area (Å²) in [6, 6.07) is 0. The lowest BCUT2D eigenvalue weighted by Gasteiger charge is -2.38. The average Bonchev–Trinajstić information content (AvgIpc) is 3.13. The largest absolute Gasteiger partial charge is 0.490 e. The van der Waals surface area contributed by atoms with Crippen LogP contribution < -0.4 is 10.2 Å². The highest BCUT2D eigenvalue weighted by Crippen LogP contribution is 2.31. The Bertz CT molecular complexity index is 880. The Morgan fingerprint density at radius 2 is 1.77 bits per heavy atom. The quantitative estimate of drug-likeness (QED) is 0.640. The van der Waals surface area contributed by atoms with Gasteiger partial charge in [0.15, 0.2) is 10.5 Å². The number of piperidine rings is 2. The fourth-order valence-electron chi connectivity index (χ4n) is 4.01. The molecule has 3 N–H and O–H groups in total. The minimum Gasteiger partial charge on any atom is -0.475 e. The predicted molar refractivity (Wildman–Crippen MR) is 110 cm³/mol. The Morgan fingerprint density at radius 3 is 2.35 bits per heavy atom. The molecule has 2 aliphatic rings. The molecule has 0 aromatic carbocycles. The van der Waals surface area contributed by atoms with Crippen molar-refractivity contribution in [1.82, 2.24) is 20.3 Å². The summed E-state index contributed by atoms with van der Waals surface area (Å²) >= 11 is 1.60. The Morgan fingerprint density at radius 1 is 1.19 bits per heavy atom. The van der Waals surface area contributed by atoms with Gasteiger partial charge in [-0.25, -0.2) is 19.7 Å². The lowest BCUT2D eigenvalue weighted by atomic mass is 9.80. The van der Waals surface area contributed by atoms with Gasteiger partial charge in [0.1, 0.15) is 5.82 Å². The van der Waals surface area contributed by atoms with Gasteiger partial charge >= 0.3 is 12.1 Å². The molecule has 0 amide bonds. The van der Waals surface area contributed by atoms with Gasteiger partial charge in [-0.1, -0.05) is 11.3 Å². The van der Waals surface area contributed by atoms with Crippen molar-refractivity contribution in [1.29, 1.82) is 0 Å². The topological polar surface area (TPSA) is 111 Å². The number of thiazole rings is 1. The molecule has 0 radical (unpaired) electrons. The lowest BCUT2D eigenvalue weighted by molar-refractivity contribution is -0.192. The standard InChI is InChI=1S/C17H25N5OS.C2HF3O2/c1-11-20-16-17(24-11)21-14(10-19-16)22-8-4-13(5-9-22)15(23)12-2-6-18-7-3-12;3-2(4,5)1(6)7/h10,12-13,15,18,23H,2-9H2,1H3;(H,6,7). The van der Waals surface area contributed by atoms with Crippen LogP contribution >= 0.6 is 11.3 Å². The fourth-order valence-corrected chi connectivity index (χ4v) is 4.75. The summed E-state index contributed by atoms with van der Waals surface area (Å²) in [6.45, 7) is 5.98. The van der Waals surface area contributed by atoms with Crippen LogP contribution in [0.1, 0.15) is 30.7 Å². The van der Waals surface area contributed by atoms with Crippen LogP contribution in [-0.2, 0) is 4.79 Å². The van der Waals surface area contributed by atoms with Crippen molar-refractivity contribution in [2.75, 3.05) is 31.1 Å². The van der Waals surface area contributed by atoms with E-state index in [-0.39, 0.29) is 6.10 Å². The van der Waals surface area contributed by atoms with Gasteiger partial charge in [-0.05, 0) is 57.5 Å². The summed E-state index contributed by atoms with van der Waals surface area (Å²) in [5, 5.41) is 22.2. The van der Waals surface area contributed by atoms with E-state index in [1.807, 2.05) is 13.1 Å². The van der Waals surface area contributed by atoms with Crippen LogP contribution in [-0.4, -0.2) is 69.6 Å². The molecule has 2 saturated heterocycles. The SMILES string of the molecule is Cc1nc2ncc(N3CCC(C(O)C4CCNCC4)CC3)nc2s1.O=C(O)C(F)(F)F. The number of fused-ring (bicyclic) bond motifs is 1. The molecule has 12 heteroatoms. The molecule has 8 nitrogen and oxygen atoms in total. The first kappa shape index (κ1) is 23.6. The lowest BCUT2D eigenvalue weighted by Crippen LogP contribution is -2.43. The highest BCUT2D eigenvalue weighted by atomic mass is 32.1. The molecule has 0 saturated carbocycles. The molecule has 31 heavy (non-hydrogen) atoms. The number of halogens is 3. The van der Waals surface area contributed by atoms with E-state index in [2.05, 4.69) is 20.2 Å². The Balaban J connectivity index is 0.000000339. The molecule has 0 spiro atoms. The van der Waals surface area contributed by atoms with Crippen molar-refractivity contribution < 1.29 is 28.2 Å². The highest BCUT2D eigenvalue weighted by Gasteiger charge is 2.38. The van der Waals surface area contributed by atoms with Crippen molar-refractivity contribution in [3.8, 4) is 0 Å². The van der Waals surface area contributed by atoms with Gasteiger partial charge in [0, 0.05) is 13.1 Å². The summed E-state index contributed by atoms with van der Waals surface area (Å²) in [6.07, 6.45) is 0.888. The molecular weight excluding hydrogens is 435 g/mol. The van der Waals surface area contributed by atoms with Crippen LogP contribution in [0, 0.1) is 18.8 Å². The minimum atomic E-state index is -5.08. The second-order valence-electron chi connectivity index (χ2n) is 7.80. The summed E-state index contributed by atoms with van der Waals surface area (Å²) < 4.78 is 31.7. The second-order valence-corrected chi connectivity index (χ2v) is 8.98. The van der Waals surface area contributed by atoms with Crippen LogP contribution in [0.25, 0.3) is 10.5 Å². The number of aryl methyl sites for hydroxylation is 1. The first-order valence-electron chi connectivity index (χ1n) is 10.2. The molecule has 4 heterocycles. The van der Waals surface area contributed by atoms with Crippen LogP contribution in [0.2, 0.25) is 0 Å². The first-order valence-corrected chi connectivity index (χ1v) is 11.0. The van der Waals surface area contributed by atoms with Crippen molar-refractivity contribution in [3.63, 3.8) is 0 Å². The molecule has 1 atom stereocenters. The maximum atomic E-state index is 10.7. The van der Waals surface area contributed by atoms with Gasteiger partial charge in [-0.3, -0.25) is 0 Å². The number of carboxylic acid groups (broad SMARTS) is 1. The Hall–Kier alpha value is -2.05. The van der Waals surface area contributed by atoms with E-state index in [9.17, 15) is 18.3 Å². The highest BCUT2D eigenvalue weighted by molar-refractivity contribution is 7.18. The third-order valence-electron chi connectivity index (χ3n) is 5.67. The van der Waals surface area contributed by atoms with E-state index in [4.69, 9.17) is 14.9 Å². The predicted octanol–water partition coefficient (Wildman–Crippen LogP) is 2.60. The van der Waals surface area contributed by atoms with Crippen LogP contribution in [0.4, 0.5) is 19.0 Å². The van der Waals surface area contributed by atoms with Gasteiger partial charge < -0.3 is 20.4 Å². The molecule has 0 aliphatic carbocycles. The second kappa shape index (κ2) is 10.0. The molecule has 2 aliphatic heterocycles. The monoisotopic (exact) mass is 461 g/mol. The molecule has 0 bridgehead atoms. The van der Waals surface area contributed by atoms with E-state index in [1.54, 1.807) is 11.3 Å². The average molecular weight is 462 g/mol. The maximum Gasteiger partial charge on any atom is 0.490 e. The van der Waals surface area contributed by atoms with Crippen LogP contribution in [0.5, 0.6) is 0 Å². The third kappa shape index (κ3) is 6.23. The normalized spacial score (nSPS) is 19.7. The Labute approximate surface area is 181 Å². The van der Waals surface area contributed by atoms with Gasteiger partial charge in [-0.15, -0.1) is 0 Å². The number of anilines is 1. The minimum absolute atomic E-state index is 0.146. The molecular formula is C19H26F3N5O3S. The first-order chi connectivity index (χ1) is 14.6. The van der Waals surface area contributed by atoms with Crippen molar-refractivity contribution in [2.45, 2.75) is 44.9 Å². The summed E-state index contributed by atoms with van der Waals surface area (Å²) in [5.41, 5.74) is 0.748. The van der Waals surface area contributed by atoms with Crippen LogP contribution in [0.3, 0.4) is 0 Å². The number of nitrogens with zero attached hydrogens (tertiary/aromatic N) is 4. The molecule has 1 unspecified atom stereocenters. The zero-order valence-electron chi connectivity index (χ0n) is 17.1. The van der Waals surface area contributed by atoms with E-state index < -0.39 is 12.1 Å². The number of hydrogen-bond acceptors (Lipinski definition) is 8.